The molecule has 3 rings (SSSR count). The molecule has 126 valence electrons. The summed E-state index contributed by atoms with van der Waals surface area (Å²) in [5.74, 6) is 1.55. The van der Waals surface area contributed by atoms with Crippen molar-refractivity contribution in [1.29, 1.82) is 0 Å². The van der Waals surface area contributed by atoms with Gasteiger partial charge in [-0.1, -0.05) is 24.3 Å². The maximum Gasteiger partial charge on any atom is 0.165 e. The van der Waals surface area contributed by atoms with Gasteiger partial charge in [0, 0.05) is 12.1 Å². The van der Waals surface area contributed by atoms with E-state index in [9.17, 15) is 0 Å². The zero-order valence-electron chi connectivity index (χ0n) is 14.4. The maximum atomic E-state index is 5.54. The molecule has 2 aromatic carbocycles. The summed E-state index contributed by atoms with van der Waals surface area (Å²) in [4.78, 5) is 7.05. The molecule has 0 saturated heterocycles. The Morgan fingerprint density at radius 1 is 1.08 bits per heavy atom. The molecule has 0 saturated carbocycles. The van der Waals surface area contributed by atoms with Crippen molar-refractivity contribution in [3.05, 3.63) is 53.0 Å². The number of nitrogens with zero attached hydrogens (tertiary/aromatic N) is 2. The molecule has 0 fully saturated rings. The van der Waals surface area contributed by atoms with E-state index in [1.165, 1.54) is 4.70 Å². The third-order valence-corrected chi connectivity index (χ3v) is 5.44. The third-order valence-electron chi connectivity index (χ3n) is 4.23. The van der Waals surface area contributed by atoms with Crippen LogP contribution in [0, 0.1) is 0 Å². The molecule has 0 radical (unpaired) electrons. The molecule has 1 aromatic heterocycles. The van der Waals surface area contributed by atoms with Gasteiger partial charge in [0.15, 0.2) is 11.5 Å². The summed E-state index contributed by atoms with van der Waals surface area (Å²) in [6.07, 6.45) is 0. The molecule has 1 atom stereocenters. The Kier molecular flexibility index (Phi) is 5.02. The second-order valence-corrected chi connectivity index (χ2v) is 6.83. The molecule has 0 aliphatic rings. The van der Waals surface area contributed by atoms with Gasteiger partial charge in [-0.3, -0.25) is 4.90 Å². The van der Waals surface area contributed by atoms with Crippen LogP contribution in [-0.2, 0) is 6.54 Å². The van der Waals surface area contributed by atoms with E-state index in [1.807, 2.05) is 18.2 Å². The van der Waals surface area contributed by atoms with E-state index < -0.39 is 0 Å². The van der Waals surface area contributed by atoms with Crippen molar-refractivity contribution in [2.45, 2.75) is 19.5 Å². The molecule has 1 heterocycles. The van der Waals surface area contributed by atoms with E-state index in [2.05, 4.69) is 43.1 Å². The zero-order valence-corrected chi connectivity index (χ0v) is 15.3. The number of fused-ring (bicyclic) bond motifs is 1. The van der Waals surface area contributed by atoms with Crippen molar-refractivity contribution in [3.8, 4) is 11.5 Å². The van der Waals surface area contributed by atoms with Crippen molar-refractivity contribution in [2.24, 2.45) is 0 Å². The fourth-order valence-electron chi connectivity index (χ4n) is 2.74. The van der Waals surface area contributed by atoms with Crippen molar-refractivity contribution in [3.63, 3.8) is 0 Å². The molecule has 4 nitrogen and oxygen atoms in total. The second kappa shape index (κ2) is 7.20. The van der Waals surface area contributed by atoms with E-state index >= 15 is 0 Å². The summed E-state index contributed by atoms with van der Waals surface area (Å²) in [5, 5.41) is 1.13. The molecular formula is C19H22N2O2S. The van der Waals surface area contributed by atoms with Crippen LogP contribution >= 0.6 is 11.3 Å². The van der Waals surface area contributed by atoms with E-state index in [1.54, 1.807) is 25.6 Å². The minimum atomic E-state index is 0.221. The first-order valence-corrected chi connectivity index (χ1v) is 8.71. The SMILES string of the molecule is COc1cccc(CN(C)[C@H](C)c2nc3ccccc3s2)c1OC. The van der Waals surface area contributed by atoms with Crippen LogP contribution < -0.4 is 9.47 Å². The number of methoxy groups -OCH3 is 2. The number of ether oxygens (including phenoxy) is 2. The summed E-state index contributed by atoms with van der Waals surface area (Å²) in [6.45, 7) is 2.95. The molecule has 0 unspecified atom stereocenters. The third kappa shape index (κ3) is 3.23. The lowest BCUT2D eigenvalue weighted by molar-refractivity contribution is 0.247. The predicted molar refractivity (Wildman–Crippen MR) is 99.0 cm³/mol. The summed E-state index contributed by atoms with van der Waals surface area (Å²) in [7, 11) is 5.45. The van der Waals surface area contributed by atoms with E-state index in [0.717, 1.165) is 34.1 Å². The highest BCUT2D eigenvalue weighted by Gasteiger charge is 2.19. The predicted octanol–water partition coefficient (Wildman–Crippen LogP) is 4.51. The lowest BCUT2D eigenvalue weighted by atomic mass is 10.1. The summed E-state index contributed by atoms with van der Waals surface area (Å²) in [6, 6.07) is 14.5. The Bertz CT molecular complexity index is 798. The minimum Gasteiger partial charge on any atom is -0.493 e. The first-order valence-electron chi connectivity index (χ1n) is 7.89. The maximum absolute atomic E-state index is 5.54. The molecule has 0 spiro atoms. The zero-order chi connectivity index (χ0) is 17.1. The van der Waals surface area contributed by atoms with Gasteiger partial charge in [0.05, 0.1) is 30.5 Å². The van der Waals surface area contributed by atoms with Gasteiger partial charge < -0.3 is 9.47 Å². The molecular weight excluding hydrogens is 320 g/mol. The number of hydrogen-bond acceptors (Lipinski definition) is 5. The van der Waals surface area contributed by atoms with Gasteiger partial charge in [0.2, 0.25) is 0 Å². The van der Waals surface area contributed by atoms with Crippen LogP contribution in [0.15, 0.2) is 42.5 Å². The van der Waals surface area contributed by atoms with Gasteiger partial charge in [0.1, 0.15) is 5.01 Å². The van der Waals surface area contributed by atoms with Gasteiger partial charge >= 0.3 is 0 Å². The number of hydrogen-bond donors (Lipinski definition) is 0. The number of benzene rings is 2. The van der Waals surface area contributed by atoms with Crippen molar-refractivity contribution in [2.75, 3.05) is 21.3 Å². The lowest BCUT2D eigenvalue weighted by Crippen LogP contribution is -2.22. The highest BCUT2D eigenvalue weighted by atomic mass is 32.1. The molecule has 0 amide bonds. The quantitative estimate of drug-likeness (QED) is 0.660. The van der Waals surface area contributed by atoms with Gasteiger partial charge in [-0.2, -0.15) is 0 Å². The monoisotopic (exact) mass is 342 g/mol. The second-order valence-electron chi connectivity index (χ2n) is 5.76. The van der Waals surface area contributed by atoms with E-state index in [-0.39, 0.29) is 6.04 Å². The van der Waals surface area contributed by atoms with Crippen LogP contribution in [0.5, 0.6) is 11.5 Å². The number of rotatable bonds is 6. The van der Waals surface area contributed by atoms with Crippen LogP contribution in [0.2, 0.25) is 0 Å². The summed E-state index contributed by atoms with van der Waals surface area (Å²) in [5.41, 5.74) is 2.17. The summed E-state index contributed by atoms with van der Waals surface area (Å²) >= 11 is 1.75. The van der Waals surface area contributed by atoms with Crippen molar-refractivity contribution in [1.82, 2.24) is 9.88 Å². The van der Waals surface area contributed by atoms with Gasteiger partial charge in [-0.15, -0.1) is 11.3 Å². The lowest BCUT2D eigenvalue weighted by Gasteiger charge is -2.24. The standard InChI is InChI=1S/C19H22N2O2S/c1-13(19-20-15-9-5-6-11-17(15)24-19)21(2)12-14-8-7-10-16(22-3)18(14)23-4/h5-11,13H,12H2,1-4H3/t13-/m1/s1. The normalized spacial score (nSPS) is 12.5. The Morgan fingerprint density at radius 3 is 2.58 bits per heavy atom. The molecule has 24 heavy (non-hydrogen) atoms. The van der Waals surface area contributed by atoms with Gasteiger partial charge in [0.25, 0.3) is 0 Å². The molecule has 0 aliphatic heterocycles. The first-order chi connectivity index (χ1) is 11.6. The minimum absolute atomic E-state index is 0.221. The van der Waals surface area contributed by atoms with Crippen LogP contribution in [0.3, 0.4) is 0 Å². The van der Waals surface area contributed by atoms with Gasteiger partial charge in [-0.25, -0.2) is 4.98 Å². The number of para-hydroxylation sites is 2. The number of thiazole rings is 1. The Morgan fingerprint density at radius 2 is 1.88 bits per heavy atom. The fourth-order valence-corrected chi connectivity index (χ4v) is 3.83. The first kappa shape index (κ1) is 16.7. The fraction of sp³-hybridized carbons (Fsp3) is 0.316. The average Bonchev–Trinajstić information content (AvgIpc) is 3.04. The Balaban J connectivity index is 1.82. The van der Waals surface area contributed by atoms with Crippen LogP contribution in [0.4, 0.5) is 0 Å². The van der Waals surface area contributed by atoms with E-state index in [0.29, 0.717) is 0 Å². The van der Waals surface area contributed by atoms with Crippen LogP contribution in [0.25, 0.3) is 10.2 Å². The molecule has 0 bridgehead atoms. The average molecular weight is 342 g/mol. The van der Waals surface area contributed by atoms with Crippen LogP contribution in [0.1, 0.15) is 23.5 Å². The van der Waals surface area contributed by atoms with Crippen molar-refractivity contribution < 1.29 is 9.47 Å². The molecule has 0 N–H and O–H groups in total. The smallest absolute Gasteiger partial charge is 0.165 e. The van der Waals surface area contributed by atoms with Gasteiger partial charge in [-0.05, 0) is 32.2 Å². The molecule has 3 aromatic rings. The van der Waals surface area contributed by atoms with Crippen molar-refractivity contribution >= 4 is 21.6 Å². The Labute approximate surface area is 146 Å². The number of aromatic nitrogens is 1. The van der Waals surface area contributed by atoms with E-state index in [4.69, 9.17) is 14.5 Å². The molecule has 5 heteroatoms. The Hall–Kier alpha value is -2.11. The largest absolute Gasteiger partial charge is 0.493 e. The topological polar surface area (TPSA) is 34.6 Å². The highest BCUT2D eigenvalue weighted by molar-refractivity contribution is 7.18. The van der Waals surface area contributed by atoms with Crippen LogP contribution in [-0.4, -0.2) is 31.2 Å². The molecule has 0 aliphatic carbocycles. The summed E-state index contributed by atoms with van der Waals surface area (Å²) < 4.78 is 12.2. The highest BCUT2D eigenvalue weighted by Crippen LogP contribution is 2.34.